The molecule has 0 amide bonds. The fourth-order valence-corrected chi connectivity index (χ4v) is 3.87. The first-order valence-electron chi connectivity index (χ1n) is 8.38. The van der Waals surface area contributed by atoms with Crippen LogP contribution in [0.25, 0.3) is 0 Å². The topological polar surface area (TPSA) is 29.5 Å². The number of benzene rings is 1. The Morgan fingerprint density at radius 3 is 2.38 bits per heavy atom. The SMILES string of the molecule is CC(C)CC1(C(O)c2cccc(OC(C)C)c2)CCCC1. The van der Waals surface area contributed by atoms with Crippen LogP contribution < -0.4 is 4.74 Å². The molecule has 0 saturated heterocycles. The van der Waals surface area contributed by atoms with Gasteiger partial charge in [-0.3, -0.25) is 0 Å². The van der Waals surface area contributed by atoms with Crippen LogP contribution in [-0.2, 0) is 0 Å². The molecule has 1 aromatic carbocycles. The minimum atomic E-state index is -0.377. The second-order valence-electron chi connectivity index (χ2n) is 7.31. The van der Waals surface area contributed by atoms with E-state index >= 15 is 0 Å². The van der Waals surface area contributed by atoms with Crippen LogP contribution in [-0.4, -0.2) is 11.2 Å². The molecule has 0 heterocycles. The molecule has 2 rings (SSSR count). The number of aliphatic hydroxyl groups is 1. The maximum atomic E-state index is 11.0. The highest BCUT2D eigenvalue weighted by atomic mass is 16.5. The fourth-order valence-electron chi connectivity index (χ4n) is 3.87. The lowest BCUT2D eigenvalue weighted by Gasteiger charge is -2.36. The summed E-state index contributed by atoms with van der Waals surface area (Å²) in [6, 6.07) is 8.03. The average Bonchev–Trinajstić information content (AvgIpc) is 2.86. The third kappa shape index (κ3) is 4.00. The molecule has 1 aromatic rings. The first-order valence-corrected chi connectivity index (χ1v) is 8.38. The molecular weight excluding hydrogens is 260 g/mol. The third-order valence-electron chi connectivity index (χ3n) is 4.54. The molecule has 1 fully saturated rings. The second-order valence-corrected chi connectivity index (χ2v) is 7.31. The van der Waals surface area contributed by atoms with Crippen molar-refractivity contribution in [1.29, 1.82) is 0 Å². The fraction of sp³-hybridized carbons (Fsp3) is 0.684. The van der Waals surface area contributed by atoms with Crippen LogP contribution in [0.3, 0.4) is 0 Å². The monoisotopic (exact) mass is 290 g/mol. The quantitative estimate of drug-likeness (QED) is 0.788. The Bertz CT molecular complexity index is 445. The van der Waals surface area contributed by atoms with Gasteiger partial charge in [0.2, 0.25) is 0 Å². The van der Waals surface area contributed by atoms with Crippen LogP contribution in [0.15, 0.2) is 24.3 Å². The molecular formula is C19H30O2. The number of hydrogen-bond donors (Lipinski definition) is 1. The zero-order valence-corrected chi connectivity index (χ0v) is 13.9. The summed E-state index contributed by atoms with van der Waals surface area (Å²) < 4.78 is 5.77. The van der Waals surface area contributed by atoms with Crippen LogP contribution in [0.1, 0.15) is 71.5 Å². The van der Waals surface area contributed by atoms with E-state index < -0.39 is 0 Å². The molecule has 2 heteroatoms. The molecule has 1 aliphatic rings. The first-order chi connectivity index (χ1) is 9.93. The van der Waals surface area contributed by atoms with Crippen molar-refractivity contribution in [3.63, 3.8) is 0 Å². The summed E-state index contributed by atoms with van der Waals surface area (Å²) in [7, 11) is 0. The number of ether oxygens (including phenoxy) is 1. The van der Waals surface area contributed by atoms with Crippen LogP contribution >= 0.6 is 0 Å². The van der Waals surface area contributed by atoms with Gasteiger partial charge in [-0.2, -0.15) is 0 Å². The van der Waals surface area contributed by atoms with E-state index in [0.717, 1.165) is 30.6 Å². The van der Waals surface area contributed by atoms with E-state index in [2.05, 4.69) is 13.8 Å². The van der Waals surface area contributed by atoms with Crippen molar-refractivity contribution in [3.05, 3.63) is 29.8 Å². The Balaban J connectivity index is 2.22. The minimum Gasteiger partial charge on any atom is -0.491 e. The molecule has 118 valence electrons. The second kappa shape index (κ2) is 6.83. The number of hydrogen-bond acceptors (Lipinski definition) is 2. The highest BCUT2D eigenvalue weighted by Crippen LogP contribution is 2.51. The Labute approximate surface area is 129 Å². The van der Waals surface area contributed by atoms with Gasteiger partial charge in [0, 0.05) is 5.41 Å². The summed E-state index contributed by atoms with van der Waals surface area (Å²) in [5.74, 6) is 1.48. The van der Waals surface area contributed by atoms with Crippen LogP contribution in [0.4, 0.5) is 0 Å². The van der Waals surface area contributed by atoms with Gasteiger partial charge in [-0.05, 0) is 56.7 Å². The van der Waals surface area contributed by atoms with E-state index in [9.17, 15) is 5.11 Å². The molecule has 0 bridgehead atoms. The Morgan fingerprint density at radius 1 is 1.14 bits per heavy atom. The van der Waals surface area contributed by atoms with Crippen LogP contribution in [0, 0.1) is 11.3 Å². The van der Waals surface area contributed by atoms with Gasteiger partial charge < -0.3 is 9.84 Å². The van der Waals surface area contributed by atoms with Crippen molar-refractivity contribution in [2.45, 2.75) is 72.0 Å². The number of rotatable bonds is 6. The zero-order valence-electron chi connectivity index (χ0n) is 13.9. The van der Waals surface area contributed by atoms with Crippen molar-refractivity contribution in [1.82, 2.24) is 0 Å². The Hall–Kier alpha value is -1.02. The van der Waals surface area contributed by atoms with Gasteiger partial charge in [-0.15, -0.1) is 0 Å². The van der Waals surface area contributed by atoms with E-state index in [1.165, 1.54) is 12.8 Å². The average molecular weight is 290 g/mol. The molecule has 0 spiro atoms. The minimum absolute atomic E-state index is 0.0601. The normalized spacial score (nSPS) is 19.2. The molecule has 1 N–H and O–H groups in total. The first kappa shape index (κ1) is 16.4. The summed E-state index contributed by atoms with van der Waals surface area (Å²) in [6.45, 7) is 8.57. The van der Waals surface area contributed by atoms with Gasteiger partial charge >= 0.3 is 0 Å². The smallest absolute Gasteiger partial charge is 0.120 e. The molecule has 1 unspecified atom stereocenters. The van der Waals surface area contributed by atoms with E-state index in [4.69, 9.17) is 4.74 Å². The molecule has 2 nitrogen and oxygen atoms in total. The summed E-state index contributed by atoms with van der Waals surface area (Å²) in [4.78, 5) is 0. The van der Waals surface area contributed by atoms with E-state index in [1.54, 1.807) is 0 Å². The third-order valence-corrected chi connectivity index (χ3v) is 4.54. The Morgan fingerprint density at radius 2 is 1.81 bits per heavy atom. The summed E-state index contributed by atoms with van der Waals surface area (Å²) in [6.07, 6.45) is 5.65. The Kier molecular flexibility index (Phi) is 5.32. The zero-order chi connectivity index (χ0) is 15.5. The van der Waals surface area contributed by atoms with Crippen molar-refractivity contribution in [3.8, 4) is 5.75 Å². The molecule has 0 aromatic heterocycles. The van der Waals surface area contributed by atoms with Crippen LogP contribution in [0.5, 0.6) is 5.75 Å². The molecule has 0 radical (unpaired) electrons. The van der Waals surface area contributed by atoms with E-state index in [0.29, 0.717) is 5.92 Å². The van der Waals surface area contributed by atoms with Gasteiger partial charge in [0.1, 0.15) is 5.75 Å². The summed E-state index contributed by atoms with van der Waals surface area (Å²) >= 11 is 0. The predicted octanol–water partition coefficient (Wildman–Crippen LogP) is 5.11. The van der Waals surface area contributed by atoms with Gasteiger partial charge in [0.15, 0.2) is 0 Å². The van der Waals surface area contributed by atoms with E-state index in [-0.39, 0.29) is 17.6 Å². The van der Waals surface area contributed by atoms with Crippen molar-refractivity contribution < 1.29 is 9.84 Å². The maximum absolute atomic E-state index is 11.0. The van der Waals surface area contributed by atoms with Crippen molar-refractivity contribution in [2.24, 2.45) is 11.3 Å². The maximum Gasteiger partial charge on any atom is 0.120 e. The summed E-state index contributed by atoms with van der Waals surface area (Å²) in [5.41, 5.74) is 1.07. The predicted molar refractivity (Wildman–Crippen MR) is 87.5 cm³/mol. The van der Waals surface area contributed by atoms with Crippen molar-refractivity contribution >= 4 is 0 Å². The number of aliphatic hydroxyl groups excluding tert-OH is 1. The van der Waals surface area contributed by atoms with E-state index in [1.807, 2.05) is 38.1 Å². The molecule has 1 saturated carbocycles. The lowest BCUT2D eigenvalue weighted by molar-refractivity contribution is 0.0110. The lowest BCUT2D eigenvalue weighted by Crippen LogP contribution is -2.27. The van der Waals surface area contributed by atoms with Gasteiger partial charge in [-0.25, -0.2) is 0 Å². The van der Waals surface area contributed by atoms with Gasteiger partial charge in [-0.1, -0.05) is 38.8 Å². The van der Waals surface area contributed by atoms with Crippen molar-refractivity contribution in [2.75, 3.05) is 0 Å². The molecule has 1 aliphatic carbocycles. The highest BCUT2D eigenvalue weighted by molar-refractivity contribution is 5.31. The molecule has 21 heavy (non-hydrogen) atoms. The van der Waals surface area contributed by atoms with Gasteiger partial charge in [0.25, 0.3) is 0 Å². The van der Waals surface area contributed by atoms with Crippen LogP contribution in [0.2, 0.25) is 0 Å². The molecule has 1 atom stereocenters. The van der Waals surface area contributed by atoms with Gasteiger partial charge in [0.05, 0.1) is 12.2 Å². The lowest BCUT2D eigenvalue weighted by atomic mass is 9.72. The standard InChI is InChI=1S/C19H30O2/c1-14(2)13-19(10-5-6-11-19)18(20)16-8-7-9-17(12-16)21-15(3)4/h7-9,12,14-15,18,20H,5-6,10-11,13H2,1-4H3. The molecule has 0 aliphatic heterocycles. The highest BCUT2D eigenvalue weighted by Gasteiger charge is 2.41. The largest absolute Gasteiger partial charge is 0.491 e. The summed E-state index contributed by atoms with van der Waals surface area (Å²) in [5, 5.41) is 11.0.